The number of para-hydroxylation sites is 1. The molecule has 3 rings (SSSR count). The van der Waals surface area contributed by atoms with Gasteiger partial charge in [-0.05, 0) is 31.4 Å². The predicted octanol–water partition coefficient (Wildman–Crippen LogP) is 1.50. The number of carbonyl (C=O) groups is 3. The van der Waals surface area contributed by atoms with Crippen molar-refractivity contribution >= 4 is 23.5 Å². The zero-order valence-electron chi connectivity index (χ0n) is 13.3. The summed E-state index contributed by atoms with van der Waals surface area (Å²) in [5, 5.41) is 9.09. The summed E-state index contributed by atoms with van der Waals surface area (Å²) in [6.45, 7) is 0.328. The third-order valence-corrected chi connectivity index (χ3v) is 5.04. The van der Waals surface area contributed by atoms with Crippen LogP contribution in [0.5, 0.6) is 0 Å². The standard InChI is InChI=1S/C17H19FN2O4/c1-19(15(21)10-6-7-11(10)17(23)24)14-8-9-20(16(14)22)13-5-3-2-4-12(13)18/h2-5,10-11,14H,6-9H2,1H3,(H,23,24). The van der Waals surface area contributed by atoms with Crippen LogP contribution in [-0.2, 0) is 14.4 Å². The first-order valence-electron chi connectivity index (χ1n) is 7.97. The first-order chi connectivity index (χ1) is 11.4. The Morgan fingerprint density at radius 3 is 2.46 bits per heavy atom. The van der Waals surface area contributed by atoms with Gasteiger partial charge in [-0.2, -0.15) is 0 Å². The number of carboxylic acids is 1. The van der Waals surface area contributed by atoms with Gasteiger partial charge >= 0.3 is 5.97 Å². The molecule has 24 heavy (non-hydrogen) atoms. The number of rotatable bonds is 4. The summed E-state index contributed by atoms with van der Waals surface area (Å²) >= 11 is 0. The highest BCUT2D eigenvalue weighted by Gasteiger charge is 2.46. The molecule has 3 atom stereocenters. The molecule has 3 unspecified atom stereocenters. The molecule has 1 aromatic rings. The molecule has 6 nitrogen and oxygen atoms in total. The Hall–Kier alpha value is -2.44. The van der Waals surface area contributed by atoms with Crippen LogP contribution in [0.25, 0.3) is 0 Å². The summed E-state index contributed by atoms with van der Waals surface area (Å²) in [5.41, 5.74) is 0.206. The molecule has 1 saturated heterocycles. The number of carbonyl (C=O) groups excluding carboxylic acids is 2. The Bertz CT molecular complexity index is 693. The van der Waals surface area contributed by atoms with Crippen LogP contribution in [0.1, 0.15) is 19.3 Å². The zero-order valence-corrected chi connectivity index (χ0v) is 13.3. The maximum absolute atomic E-state index is 13.9. The summed E-state index contributed by atoms with van der Waals surface area (Å²) < 4.78 is 13.9. The van der Waals surface area contributed by atoms with Gasteiger partial charge in [-0.25, -0.2) is 4.39 Å². The molecule has 0 bridgehead atoms. The lowest BCUT2D eigenvalue weighted by Gasteiger charge is -2.36. The van der Waals surface area contributed by atoms with Crippen molar-refractivity contribution in [2.45, 2.75) is 25.3 Å². The molecule has 1 heterocycles. The van der Waals surface area contributed by atoms with Crippen molar-refractivity contribution in [1.82, 2.24) is 4.90 Å². The van der Waals surface area contributed by atoms with Crippen molar-refractivity contribution in [2.75, 3.05) is 18.5 Å². The van der Waals surface area contributed by atoms with Gasteiger partial charge in [-0.1, -0.05) is 12.1 Å². The minimum absolute atomic E-state index is 0.206. The molecule has 1 aromatic carbocycles. The predicted molar refractivity (Wildman–Crippen MR) is 83.8 cm³/mol. The van der Waals surface area contributed by atoms with Crippen molar-refractivity contribution in [1.29, 1.82) is 0 Å². The molecule has 1 aliphatic heterocycles. The fourth-order valence-corrected chi connectivity index (χ4v) is 3.44. The van der Waals surface area contributed by atoms with Crippen LogP contribution in [-0.4, -0.2) is 47.4 Å². The average Bonchev–Trinajstić information content (AvgIpc) is 2.86. The molecule has 0 spiro atoms. The largest absolute Gasteiger partial charge is 0.481 e. The molecule has 2 fully saturated rings. The average molecular weight is 334 g/mol. The van der Waals surface area contributed by atoms with Gasteiger partial charge in [0.1, 0.15) is 11.9 Å². The molecule has 1 N–H and O–H groups in total. The number of halogens is 1. The highest BCUT2D eigenvalue weighted by atomic mass is 19.1. The van der Waals surface area contributed by atoms with E-state index in [-0.39, 0.29) is 17.5 Å². The van der Waals surface area contributed by atoms with E-state index in [0.717, 1.165) is 0 Å². The van der Waals surface area contributed by atoms with Crippen molar-refractivity contribution in [3.05, 3.63) is 30.1 Å². The third kappa shape index (κ3) is 2.64. The molecule has 1 aliphatic carbocycles. The minimum atomic E-state index is -0.973. The van der Waals surface area contributed by atoms with E-state index < -0.39 is 29.7 Å². The quantitative estimate of drug-likeness (QED) is 0.905. The summed E-state index contributed by atoms with van der Waals surface area (Å²) in [7, 11) is 1.52. The molecular weight excluding hydrogens is 315 g/mol. The molecule has 1 saturated carbocycles. The summed E-state index contributed by atoms with van der Waals surface area (Å²) in [5.74, 6) is -3.34. The molecule has 0 radical (unpaired) electrons. The molecule has 0 aromatic heterocycles. The molecular formula is C17H19FN2O4. The lowest BCUT2D eigenvalue weighted by atomic mass is 9.73. The van der Waals surface area contributed by atoms with Crippen molar-refractivity contribution in [2.24, 2.45) is 11.8 Å². The molecule has 7 heteroatoms. The van der Waals surface area contributed by atoms with Crippen molar-refractivity contribution in [3.8, 4) is 0 Å². The minimum Gasteiger partial charge on any atom is -0.481 e. The van der Waals surface area contributed by atoms with Crippen molar-refractivity contribution < 1.29 is 23.9 Å². The molecule has 2 amide bonds. The van der Waals surface area contributed by atoms with Gasteiger partial charge in [-0.3, -0.25) is 14.4 Å². The second kappa shape index (κ2) is 6.22. The number of hydrogen-bond acceptors (Lipinski definition) is 3. The number of amides is 2. The van der Waals surface area contributed by atoms with E-state index in [1.54, 1.807) is 12.1 Å². The maximum Gasteiger partial charge on any atom is 0.307 e. The topological polar surface area (TPSA) is 77.9 Å². The first kappa shape index (κ1) is 16.4. The van der Waals surface area contributed by atoms with Gasteiger partial charge in [0, 0.05) is 13.6 Å². The van der Waals surface area contributed by atoms with Crippen LogP contribution in [0.2, 0.25) is 0 Å². The van der Waals surface area contributed by atoms with E-state index in [4.69, 9.17) is 5.11 Å². The van der Waals surface area contributed by atoms with Gasteiger partial charge in [0.15, 0.2) is 0 Å². The maximum atomic E-state index is 13.9. The molecule has 2 aliphatic rings. The second-order valence-corrected chi connectivity index (χ2v) is 6.32. The lowest BCUT2D eigenvalue weighted by Crippen LogP contribution is -2.50. The van der Waals surface area contributed by atoms with E-state index in [9.17, 15) is 18.8 Å². The Kier molecular flexibility index (Phi) is 4.26. The number of hydrogen-bond donors (Lipinski definition) is 1. The highest BCUT2D eigenvalue weighted by Crippen LogP contribution is 2.37. The number of nitrogens with zero attached hydrogens (tertiary/aromatic N) is 2. The van der Waals surface area contributed by atoms with Gasteiger partial charge in [0.25, 0.3) is 0 Å². The van der Waals surface area contributed by atoms with Crippen LogP contribution in [0, 0.1) is 17.7 Å². The molecule has 128 valence electrons. The van der Waals surface area contributed by atoms with Crippen LogP contribution in [0.3, 0.4) is 0 Å². The van der Waals surface area contributed by atoms with E-state index in [2.05, 4.69) is 0 Å². The smallest absolute Gasteiger partial charge is 0.307 e. The fourth-order valence-electron chi connectivity index (χ4n) is 3.44. The van der Waals surface area contributed by atoms with Crippen molar-refractivity contribution in [3.63, 3.8) is 0 Å². The van der Waals surface area contributed by atoms with Crippen LogP contribution >= 0.6 is 0 Å². The monoisotopic (exact) mass is 334 g/mol. The lowest BCUT2D eigenvalue weighted by molar-refractivity contribution is -0.157. The number of carboxylic acid groups (broad SMARTS) is 1. The SMILES string of the molecule is CN(C(=O)C1CCC1C(=O)O)C1CCN(c2ccccc2F)C1=O. The number of benzene rings is 1. The van der Waals surface area contributed by atoms with Gasteiger partial charge < -0.3 is 14.9 Å². The van der Waals surface area contributed by atoms with Gasteiger partial charge in [0.2, 0.25) is 11.8 Å². The number of aliphatic carboxylic acids is 1. The summed E-state index contributed by atoms with van der Waals surface area (Å²) in [4.78, 5) is 38.9. The Morgan fingerprint density at radius 2 is 1.88 bits per heavy atom. The fraction of sp³-hybridized carbons (Fsp3) is 0.471. The van der Waals surface area contributed by atoms with E-state index in [1.165, 1.54) is 29.0 Å². The van der Waals surface area contributed by atoms with E-state index >= 15 is 0 Å². The van der Waals surface area contributed by atoms with Crippen LogP contribution in [0.15, 0.2) is 24.3 Å². The summed E-state index contributed by atoms with van der Waals surface area (Å²) in [6.07, 6.45) is 1.41. The Balaban J connectivity index is 1.72. The van der Waals surface area contributed by atoms with Gasteiger partial charge in [0.05, 0.1) is 17.5 Å². The third-order valence-electron chi connectivity index (χ3n) is 5.04. The summed E-state index contributed by atoms with van der Waals surface area (Å²) in [6, 6.07) is 5.35. The van der Waals surface area contributed by atoms with E-state index in [0.29, 0.717) is 25.8 Å². The van der Waals surface area contributed by atoms with Gasteiger partial charge in [-0.15, -0.1) is 0 Å². The zero-order chi connectivity index (χ0) is 17.4. The van der Waals surface area contributed by atoms with Crippen LogP contribution in [0.4, 0.5) is 10.1 Å². The normalized spacial score (nSPS) is 26.2. The Labute approximate surface area is 138 Å². The highest BCUT2D eigenvalue weighted by molar-refractivity contribution is 6.01. The van der Waals surface area contributed by atoms with Crippen LogP contribution < -0.4 is 4.90 Å². The first-order valence-corrected chi connectivity index (χ1v) is 7.97. The Morgan fingerprint density at radius 1 is 1.21 bits per heavy atom. The number of anilines is 1. The number of likely N-dealkylation sites (N-methyl/N-ethyl adjacent to an activating group) is 1. The second-order valence-electron chi connectivity index (χ2n) is 6.32. The van der Waals surface area contributed by atoms with E-state index in [1.807, 2.05) is 0 Å².